The lowest BCUT2D eigenvalue weighted by Gasteiger charge is -2.26. The molecule has 3 heterocycles. The third kappa shape index (κ3) is 16.6. The third-order valence-electron chi connectivity index (χ3n) is 15.3. The van der Waals surface area contributed by atoms with Gasteiger partial charge in [0.2, 0.25) is 5.69 Å². The zero-order valence-electron chi connectivity index (χ0n) is 47.6. The van der Waals surface area contributed by atoms with Gasteiger partial charge in [0.05, 0.1) is 32.5 Å². The molecule has 1 aromatic heterocycles. The molecule has 2 amide bonds. The van der Waals surface area contributed by atoms with Gasteiger partial charge in [-0.1, -0.05) is 31.2 Å². The van der Waals surface area contributed by atoms with Crippen molar-refractivity contribution in [3.8, 4) is 5.75 Å². The molecular weight excluding hydrogens is 1230 g/mol. The minimum absolute atomic E-state index is 0.00355. The van der Waals surface area contributed by atoms with Crippen LogP contribution in [0.5, 0.6) is 5.75 Å². The molecule has 0 spiro atoms. The van der Waals surface area contributed by atoms with E-state index in [4.69, 9.17) is 9.57 Å². The largest absolute Gasteiger partial charge is 0.457 e. The number of imide groups is 1. The topological polar surface area (TPSA) is 356 Å². The number of ether oxygens (including phenoxy) is 1. The number of rotatable bonds is 27. The molecule has 5 aromatic rings. The van der Waals surface area contributed by atoms with E-state index in [1.807, 2.05) is 59.4 Å². The highest BCUT2D eigenvalue weighted by Crippen LogP contribution is 2.43. The molecule has 0 unspecified atom stereocenters. The summed E-state index contributed by atoms with van der Waals surface area (Å²) in [5.74, 6) is -3.01. The van der Waals surface area contributed by atoms with E-state index in [2.05, 4.69) is 6.58 Å². The summed E-state index contributed by atoms with van der Waals surface area (Å²) >= 11 is 0. The molecule has 0 atom stereocenters. The second kappa shape index (κ2) is 26.4. The Morgan fingerprint density at radius 3 is 1.93 bits per heavy atom. The minimum Gasteiger partial charge on any atom is -0.457 e. The number of aromatic nitrogens is 1. The molecule has 29 heteroatoms. The predicted octanol–water partition coefficient (Wildman–Crippen LogP) is 6.36. The van der Waals surface area contributed by atoms with Crippen molar-refractivity contribution >= 4 is 120 Å². The van der Waals surface area contributed by atoms with Crippen LogP contribution in [0.3, 0.4) is 0 Å². The van der Waals surface area contributed by atoms with Gasteiger partial charge in [0.15, 0.2) is 5.71 Å². The molecule has 2 aliphatic heterocycles. The van der Waals surface area contributed by atoms with Gasteiger partial charge in [0, 0.05) is 90.2 Å². The van der Waals surface area contributed by atoms with Gasteiger partial charge in [-0.25, -0.2) is 4.79 Å². The number of hydrogen-bond donors (Lipinski definition) is 5. The van der Waals surface area contributed by atoms with Crippen molar-refractivity contribution in [1.82, 2.24) is 9.63 Å². The van der Waals surface area contributed by atoms with Gasteiger partial charge in [-0.05, 0) is 147 Å². The number of aryl methyl sites for hydroxylation is 1. The quantitative estimate of drug-likeness (QED) is 0.0165. The monoisotopic (exact) mass is 1300 g/mol. The number of carbonyl (C=O) groups is 3. The summed E-state index contributed by atoms with van der Waals surface area (Å²) in [6.45, 7) is 9.03. The lowest BCUT2D eigenvalue weighted by Crippen LogP contribution is -2.31. The molecule has 24 nitrogen and oxygen atoms in total. The van der Waals surface area contributed by atoms with E-state index in [1.165, 1.54) is 36.4 Å². The molecule has 0 bridgehead atoms. The number of fused-ring (bicyclic) bond motifs is 4. The number of anilines is 1. The van der Waals surface area contributed by atoms with Crippen molar-refractivity contribution in [2.75, 3.05) is 41.8 Å². The van der Waals surface area contributed by atoms with Gasteiger partial charge in [0.1, 0.15) is 18.1 Å². The molecule has 0 radical (unpaired) electrons. The van der Waals surface area contributed by atoms with Crippen LogP contribution in [0.4, 0.5) is 11.4 Å². The second-order valence-corrected chi connectivity index (χ2v) is 29.5. The van der Waals surface area contributed by atoms with Crippen LogP contribution in [0.15, 0.2) is 118 Å². The molecule has 1 aliphatic carbocycles. The van der Waals surface area contributed by atoms with E-state index < -0.39 is 91.0 Å². The lowest BCUT2D eigenvalue weighted by atomic mass is 9.80. The zero-order valence-corrected chi connectivity index (χ0v) is 51.7. The Hall–Kier alpha value is -6.93. The van der Waals surface area contributed by atoms with E-state index in [1.54, 1.807) is 29.2 Å². The first-order valence-corrected chi connectivity index (χ1v) is 35.4. The number of hydroxylamine groups is 2. The molecule has 3 aliphatic rings. The van der Waals surface area contributed by atoms with E-state index in [9.17, 15) is 79.2 Å². The van der Waals surface area contributed by atoms with Crippen molar-refractivity contribution in [1.29, 1.82) is 0 Å². The first-order valence-electron chi connectivity index (χ1n) is 27.7. The summed E-state index contributed by atoms with van der Waals surface area (Å²) in [7, 11) is -22.2. The first-order chi connectivity index (χ1) is 40.7. The highest BCUT2D eigenvalue weighted by molar-refractivity contribution is 7.86. The number of carbonyl (C=O) groups excluding carboxylic acids is 3. The fourth-order valence-corrected chi connectivity index (χ4v) is 13.6. The van der Waals surface area contributed by atoms with E-state index in [0.29, 0.717) is 111 Å². The molecule has 8 rings (SSSR count). The molecule has 4 aromatic carbocycles. The standard InChI is InChI=1S/C58H66N4O20S5/c1-39-49(60(32-6-4-5-13-55(65)82-62-53(63)28-29-54(62)64)51-25-15-42-37-46(87(78,79)80)22-23-47(42)56(39)51)24-14-40-11-7-12-41(57(40)81-44-18-20-45(21-19-44)86(75,76)77)16-27-52-58(2,3)48-38-43(17-26-50(48)61(52)33-10-36-85(72,73)74)59(30-8-34-83(66,67)68)31-9-35-84(69,70)71/h14-27,37-38H,1,4-13,28-36H2,2-3H3,(H4-,66,67,68,69,70,71,72,73,74,75,76,77,78,79,80)/p+1. The third-order valence-corrected chi connectivity index (χ3v) is 19.4. The lowest BCUT2D eigenvalue weighted by molar-refractivity contribution is -0.437. The molecule has 1 saturated heterocycles. The van der Waals surface area contributed by atoms with Crippen molar-refractivity contribution in [2.45, 2.75) is 113 Å². The van der Waals surface area contributed by atoms with Crippen LogP contribution in [0.25, 0.3) is 34.3 Å². The van der Waals surface area contributed by atoms with Crippen molar-refractivity contribution in [3.63, 3.8) is 0 Å². The van der Waals surface area contributed by atoms with Gasteiger partial charge < -0.3 is 19.0 Å². The minimum atomic E-state index is -4.58. The summed E-state index contributed by atoms with van der Waals surface area (Å²) < 4.78 is 178. The molecule has 5 N–H and O–H groups in total. The molecule has 0 saturated carbocycles. The highest BCUT2D eigenvalue weighted by Gasteiger charge is 2.45. The Kier molecular flexibility index (Phi) is 20.0. The van der Waals surface area contributed by atoms with Gasteiger partial charge in [-0.2, -0.15) is 46.7 Å². The summed E-state index contributed by atoms with van der Waals surface area (Å²) in [4.78, 5) is 42.8. The van der Waals surface area contributed by atoms with Crippen LogP contribution in [-0.2, 0) is 81.8 Å². The van der Waals surface area contributed by atoms with Gasteiger partial charge >= 0.3 is 5.97 Å². The predicted molar refractivity (Wildman–Crippen MR) is 324 cm³/mol. The number of unbranched alkanes of at least 4 members (excludes halogenated alkanes) is 2. The van der Waals surface area contributed by atoms with Crippen molar-refractivity contribution in [3.05, 3.63) is 124 Å². The van der Waals surface area contributed by atoms with E-state index in [0.717, 1.165) is 11.1 Å². The van der Waals surface area contributed by atoms with Crippen molar-refractivity contribution in [2.24, 2.45) is 0 Å². The Balaban J connectivity index is 1.22. The van der Waals surface area contributed by atoms with Gasteiger partial charge in [-0.3, -0.25) is 32.4 Å². The normalized spacial score (nSPS) is 16.8. The molecule has 468 valence electrons. The summed E-state index contributed by atoms with van der Waals surface area (Å²) in [6.07, 6.45) is 10.2. The van der Waals surface area contributed by atoms with Crippen LogP contribution in [-0.4, -0.2) is 139 Å². The smallest absolute Gasteiger partial charge is 0.333 e. The number of amides is 2. The van der Waals surface area contributed by atoms with Gasteiger partial charge in [0.25, 0.3) is 62.4 Å². The Morgan fingerprint density at radius 2 is 1.31 bits per heavy atom. The SMILES string of the molecule is C=c1/c(=C\C=C2/CCCC(/C=C/C3=[N+](CCCS(=O)(=O)O)c4ccc(N(CCCS(=O)(=O)O)CCCS(=O)(=O)O)cc4C3(C)C)=C2Oc2ccc(S(=O)(=O)O)cc2)n(CCCCCC(=O)ON2C(=O)CCC2=O)c2ccc3cc(S(=O)(=O)O)ccc3c12. The maximum absolute atomic E-state index is 12.6. The number of hydrogen-bond acceptors (Lipinski definition) is 16. The number of benzene rings is 4. The average molecular weight is 1300 g/mol. The maximum Gasteiger partial charge on any atom is 0.333 e. The fraction of sp³-hybridized carbons (Fsp3) is 0.379. The van der Waals surface area contributed by atoms with Crippen LogP contribution in [0.1, 0.15) is 96.5 Å². The summed E-state index contributed by atoms with van der Waals surface area (Å²) in [5.41, 5.74) is 3.87. The first kappa shape index (κ1) is 66.0. The molecule has 1 fully saturated rings. The van der Waals surface area contributed by atoms with Crippen molar-refractivity contribution < 1.29 is 93.4 Å². The number of nitrogens with zero attached hydrogens (tertiary/aromatic N) is 4. The molecule has 87 heavy (non-hydrogen) atoms. The maximum atomic E-state index is 12.6. The van der Waals surface area contributed by atoms with Gasteiger partial charge in [-0.15, -0.1) is 5.06 Å². The highest BCUT2D eigenvalue weighted by atomic mass is 32.2. The summed E-state index contributed by atoms with van der Waals surface area (Å²) in [5, 5.41) is 3.55. The fourth-order valence-electron chi connectivity index (χ4n) is 11.1. The van der Waals surface area contributed by atoms with E-state index in [-0.39, 0.29) is 73.7 Å². The Bertz CT molecular complexity index is 4360. The Labute approximate surface area is 504 Å². The van der Waals surface area contributed by atoms with E-state index >= 15 is 0 Å². The van der Waals surface area contributed by atoms with Crippen LogP contribution < -0.4 is 20.2 Å². The van der Waals surface area contributed by atoms with Crippen LogP contribution in [0, 0.1) is 0 Å². The summed E-state index contributed by atoms with van der Waals surface area (Å²) in [6, 6.07) is 18.3. The molecular formula is C58H67N4O20S5+. The average Bonchev–Trinajstić information content (AvgIpc) is 1.63. The second-order valence-electron chi connectivity index (χ2n) is 21.9. The van der Waals surface area contributed by atoms with Crippen LogP contribution in [0.2, 0.25) is 0 Å². The zero-order chi connectivity index (χ0) is 63.4. The number of allylic oxidation sites excluding steroid dienone is 5. The van der Waals surface area contributed by atoms with Crippen LogP contribution >= 0.6 is 0 Å². The Morgan fingerprint density at radius 1 is 0.690 bits per heavy atom.